The molecule has 1 aliphatic rings. The lowest BCUT2D eigenvalue weighted by atomic mass is 10.2. The topological polar surface area (TPSA) is 59.0 Å². The van der Waals surface area contributed by atoms with Gasteiger partial charge in [0.1, 0.15) is 5.75 Å². The highest BCUT2D eigenvalue weighted by Crippen LogP contribution is 2.23. The zero-order chi connectivity index (χ0) is 17.7. The summed E-state index contributed by atoms with van der Waals surface area (Å²) in [5.41, 5.74) is 1.67. The van der Waals surface area contributed by atoms with Gasteiger partial charge in [-0.25, -0.2) is 8.42 Å². The number of benzene rings is 2. The van der Waals surface area contributed by atoms with E-state index in [0.717, 1.165) is 24.2 Å². The molecule has 1 saturated heterocycles. The fourth-order valence-corrected chi connectivity index (χ4v) is 4.26. The zero-order valence-corrected chi connectivity index (χ0v) is 15.1. The summed E-state index contributed by atoms with van der Waals surface area (Å²) in [4.78, 5) is 4.73. The Morgan fingerprint density at radius 3 is 2.28 bits per heavy atom. The molecular formula is C19H22N2O3S. The lowest BCUT2D eigenvalue weighted by molar-refractivity contribution is 0.340. The summed E-state index contributed by atoms with van der Waals surface area (Å²) in [5, 5.41) is 0. The van der Waals surface area contributed by atoms with Gasteiger partial charge in [-0.1, -0.05) is 0 Å². The van der Waals surface area contributed by atoms with Crippen LogP contribution >= 0.6 is 0 Å². The smallest absolute Gasteiger partial charge is 0.243 e. The number of hydrogen-bond acceptors (Lipinski definition) is 4. The van der Waals surface area contributed by atoms with Crippen LogP contribution in [0.1, 0.15) is 25.3 Å². The number of rotatable bonds is 6. The van der Waals surface area contributed by atoms with Crippen molar-refractivity contribution in [2.75, 3.05) is 19.7 Å². The van der Waals surface area contributed by atoms with Crippen molar-refractivity contribution in [2.45, 2.75) is 24.7 Å². The number of hydrogen-bond donors (Lipinski definition) is 0. The highest BCUT2D eigenvalue weighted by Gasteiger charge is 2.26. The Hall–Kier alpha value is -2.18. The number of nitrogens with zero attached hydrogens (tertiary/aromatic N) is 2. The molecule has 0 saturated carbocycles. The first kappa shape index (κ1) is 17.6. The van der Waals surface area contributed by atoms with Crippen molar-refractivity contribution < 1.29 is 13.2 Å². The second-order valence-electron chi connectivity index (χ2n) is 5.87. The van der Waals surface area contributed by atoms with E-state index >= 15 is 0 Å². The SMILES string of the molecule is CCOc1ccc(C=Nc2ccc(S(=O)(=O)N3CCCC3)cc2)cc1. The maximum absolute atomic E-state index is 12.5. The van der Waals surface area contributed by atoms with E-state index in [1.807, 2.05) is 31.2 Å². The van der Waals surface area contributed by atoms with E-state index in [-0.39, 0.29) is 0 Å². The number of sulfonamides is 1. The molecule has 0 amide bonds. The molecule has 0 aliphatic carbocycles. The minimum absolute atomic E-state index is 0.328. The molecule has 1 fully saturated rings. The number of ether oxygens (including phenoxy) is 1. The van der Waals surface area contributed by atoms with Crippen LogP contribution in [0.15, 0.2) is 58.4 Å². The van der Waals surface area contributed by atoms with Crippen molar-refractivity contribution in [1.82, 2.24) is 4.31 Å². The van der Waals surface area contributed by atoms with Crippen molar-refractivity contribution in [3.63, 3.8) is 0 Å². The van der Waals surface area contributed by atoms with Crippen LogP contribution in [0.2, 0.25) is 0 Å². The maximum Gasteiger partial charge on any atom is 0.243 e. The summed E-state index contributed by atoms with van der Waals surface area (Å²) >= 11 is 0. The molecule has 0 aromatic heterocycles. The molecule has 0 unspecified atom stereocenters. The quantitative estimate of drug-likeness (QED) is 0.741. The van der Waals surface area contributed by atoms with Crippen molar-refractivity contribution in [3.05, 3.63) is 54.1 Å². The zero-order valence-electron chi connectivity index (χ0n) is 14.3. The van der Waals surface area contributed by atoms with E-state index in [1.54, 1.807) is 34.8 Å². The molecule has 6 heteroatoms. The molecule has 3 rings (SSSR count). The van der Waals surface area contributed by atoms with E-state index in [2.05, 4.69) is 4.99 Å². The summed E-state index contributed by atoms with van der Waals surface area (Å²) in [6, 6.07) is 14.4. The van der Waals surface area contributed by atoms with E-state index in [1.165, 1.54) is 0 Å². The van der Waals surface area contributed by atoms with Gasteiger partial charge in [-0.15, -0.1) is 0 Å². The predicted molar refractivity (Wildman–Crippen MR) is 99.3 cm³/mol. The van der Waals surface area contributed by atoms with E-state index in [0.29, 0.717) is 30.3 Å². The van der Waals surface area contributed by atoms with Crippen LogP contribution in [-0.2, 0) is 10.0 Å². The van der Waals surface area contributed by atoms with Gasteiger partial charge >= 0.3 is 0 Å². The van der Waals surface area contributed by atoms with Gasteiger partial charge in [0.2, 0.25) is 10.0 Å². The van der Waals surface area contributed by atoms with Crippen LogP contribution < -0.4 is 4.74 Å². The molecule has 2 aromatic rings. The van der Waals surface area contributed by atoms with Crippen LogP contribution in [0.25, 0.3) is 0 Å². The van der Waals surface area contributed by atoms with Gasteiger partial charge in [0.05, 0.1) is 17.2 Å². The largest absolute Gasteiger partial charge is 0.494 e. The fraction of sp³-hybridized carbons (Fsp3) is 0.316. The van der Waals surface area contributed by atoms with Crippen LogP contribution in [0, 0.1) is 0 Å². The van der Waals surface area contributed by atoms with Crippen molar-refractivity contribution in [1.29, 1.82) is 0 Å². The molecule has 132 valence electrons. The van der Waals surface area contributed by atoms with Gasteiger partial charge in [-0.2, -0.15) is 4.31 Å². The maximum atomic E-state index is 12.5. The van der Waals surface area contributed by atoms with Gasteiger partial charge < -0.3 is 4.74 Å². The van der Waals surface area contributed by atoms with Crippen molar-refractivity contribution in [2.24, 2.45) is 4.99 Å². The summed E-state index contributed by atoms with van der Waals surface area (Å²) in [6.45, 7) is 3.81. The first-order valence-electron chi connectivity index (χ1n) is 8.47. The Kier molecular flexibility index (Phi) is 5.50. The molecule has 25 heavy (non-hydrogen) atoms. The van der Waals surface area contributed by atoms with Gasteiger partial charge in [-0.3, -0.25) is 4.99 Å². The van der Waals surface area contributed by atoms with Crippen molar-refractivity contribution >= 4 is 21.9 Å². The Balaban J connectivity index is 1.69. The standard InChI is InChI=1S/C19H22N2O3S/c1-2-24-18-9-5-16(6-10-18)15-20-17-7-11-19(12-8-17)25(22,23)21-13-3-4-14-21/h5-12,15H,2-4,13-14H2,1H3. The van der Waals surface area contributed by atoms with Gasteiger partial charge in [0, 0.05) is 19.3 Å². The summed E-state index contributed by atoms with van der Waals surface area (Å²) in [6.07, 6.45) is 3.62. The highest BCUT2D eigenvalue weighted by atomic mass is 32.2. The predicted octanol–water partition coefficient (Wildman–Crippen LogP) is 3.62. The lowest BCUT2D eigenvalue weighted by Crippen LogP contribution is -2.27. The third-order valence-electron chi connectivity index (χ3n) is 4.09. The summed E-state index contributed by atoms with van der Waals surface area (Å²) in [7, 11) is -3.37. The number of aliphatic imine (C=N–C) groups is 1. The third kappa shape index (κ3) is 4.27. The summed E-state index contributed by atoms with van der Waals surface area (Å²) in [5.74, 6) is 0.830. The molecule has 0 radical (unpaired) electrons. The van der Waals surface area contributed by atoms with Gasteiger partial charge in [-0.05, 0) is 73.9 Å². The fourth-order valence-electron chi connectivity index (χ4n) is 2.75. The third-order valence-corrected chi connectivity index (χ3v) is 6.01. The monoisotopic (exact) mass is 358 g/mol. The normalized spacial score (nSPS) is 15.7. The first-order valence-corrected chi connectivity index (χ1v) is 9.91. The van der Waals surface area contributed by atoms with Crippen LogP contribution in [0.3, 0.4) is 0 Å². The lowest BCUT2D eigenvalue weighted by Gasteiger charge is -2.15. The molecule has 5 nitrogen and oxygen atoms in total. The molecule has 0 bridgehead atoms. The molecule has 0 spiro atoms. The minimum atomic E-state index is -3.37. The second kappa shape index (κ2) is 7.80. The average Bonchev–Trinajstić information content (AvgIpc) is 3.17. The van der Waals surface area contributed by atoms with E-state index in [9.17, 15) is 8.42 Å². The van der Waals surface area contributed by atoms with Crippen molar-refractivity contribution in [3.8, 4) is 5.75 Å². The molecular weight excluding hydrogens is 336 g/mol. The molecule has 2 aromatic carbocycles. The molecule has 0 N–H and O–H groups in total. The Morgan fingerprint density at radius 1 is 1.04 bits per heavy atom. The molecule has 1 aliphatic heterocycles. The highest BCUT2D eigenvalue weighted by molar-refractivity contribution is 7.89. The van der Waals surface area contributed by atoms with Crippen LogP contribution in [-0.4, -0.2) is 38.6 Å². The molecule has 0 atom stereocenters. The van der Waals surface area contributed by atoms with Gasteiger partial charge in [0.15, 0.2) is 0 Å². The Bertz CT molecular complexity index is 822. The van der Waals surface area contributed by atoms with Crippen LogP contribution in [0.5, 0.6) is 5.75 Å². The average molecular weight is 358 g/mol. The first-order chi connectivity index (χ1) is 12.1. The second-order valence-corrected chi connectivity index (χ2v) is 7.80. The van der Waals surface area contributed by atoms with E-state index in [4.69, 9.17) is 4.74 Å². The van der Waals surface area contributed by atoms with E-state index < -0.39 is 10.0 Å². The van der Waals surface area contributed by atoms with Crippen LogP contribution in [0.4, 0.5) is 5.69 Å². The Labute approximate surface area is 149 Å². The van der Waals surface area contributed by atoms with Gasteiger partial charge in [0.25, 0.3) is 0 Å². The molecule has 1 heterocycles. The summed E-state index contributed by atoms with van der Waals surface area (Å²) < 4.78 is 31.9. The minimum Gasteiger partial charge on any atom is -0.494 e. The Morgan fingerprint density at radius 2 is 1.68 bits per heavy atom.